The van der Waals surface area contributed by atoms with Crippen LogP contribution in [0.25, 0.3) is 0 Å². The van der Waals surface area contributed by atoms with Gasteiger partial charge in [0, 0.05) is 19.1 Å². The van der Waals surface area contributed by atoms with Crippen LogP contribution in [-0.4, -0.2) is 46.3 Å². The standard InChI is InChI=1S/C18H24N4O3/c1-12-2-4-14(5-3-12)19-17(23)15-6-7-16(21-20-15)22-10-8-13(9-11-22)18(24)25/h6-7,13-14H,1-5,8-11H2,(H,19,23)(H,24,25). The Morgan fingerprint density at radius 3 is 2.36 bits per heavy atom. The fourth-order valence-electron chi connectivity index (χ4n) is 3.40. The summed E-state index contributed by atoms with van der Waals surface area (Å²) in [4.78, 5) is 25.3. The predicted octanol–water partition coefficient (Wildman–Crippen LogP) is 2.01. The van der Waals surface area contributed by atoms with Gasteiger partial charge >= 0.3 is 5.97 Å². The lowest BCUT2D eigenvalue weighted by atomic mass is 9.92. The van der Waals surface area contributed by atoms with Crippen molar-refractivity contribution in [2.75, 3.05) is 18.0 Å². The fraction of sp³-hybridized carbons (Fsp3) is 0.556. The minimum atomic E-state index is -0.732. The number of anilines is 1. The molecule has 2 aliphatic rings. The van der Waals surface area contributed by atoms with Gasteiger partial charge in [-0.25, -0.2) is 0 Å². The van der Waals surface area contributed by atoms with Crippen LogP contribution in [-0.2, 0) is 4.79 Å². The van der Waals surface area contributed by atoms with Gasteiger partial charge in [-0.2, -0.15) is 0 Å². The first-order valence-corrected chi connectivity index (χ1v) is 8.82. The molecule has 1 aliphatic heterocycles. The van der Waals surface area contributed by atoms with Gasteiger partial charge in [0.05, 0.1) is 5.92 Å². The molecule has 7 heteroatoms. The van der Waals surface area contributed by atoms with Crippen LogP contribution in [0.4, 0.5) is 5.82 Å². The molecule has 134 valence electrons. The Bertz CT molecular complexity index is 641. The molecule has 25 heavy (non-hydrogen) atoms. The van der Waals surface area contributed by atoms with E-state index in [0.29, 0.717) is 37.4 Å². The van der Waals surface area contributed by atoms with Crippen molar-refractivity contribution in [1.82, 2.24) is 15.5 Å². The molecule has 1 aliphatic carbocycles. The Balaban J connectivity index is 1.54. The highest BCUT2D eigenvalue weighted by Crippen LogP contribution is 2.23. The van der Waals surface area contributed by atoms with E-state index in [1.54, 1.807) is 12.1 Å². The second kappa shape index (κ2) is 7.63. The summed E-state index contributed by atoms with van der Waals surface area (Å²) in [5.41, 5.74) is 1.56. The number of nitrogens with one attached hydrogen (secondary N) is 1. The van der Waals surface area contributed by atoms with Crippen molar-refractivity contribution >= 4 is 17.7 Å². The summed E-state index contributed by atoms with van der Waals surface area (Å²) in [6.45, 7) is 5.27. The normalized spacial score (nSPS) is 19.7. The van der Waals surface area contributed by atoms with Crippen LogP contribution in [0.1, 0.15) is 49.0 Å². The quantitative estimate of drug-likeness (QED) is 0.811. The molecule has 0 radical (unpaired) electrons. The first kappa shape index (κ1) is 17.4. The third-order valence-corrected chi connectivity index (χ3v) is 5.08. The molecule has 1 amide bonds. The number of aliphatic carboxylic acids is 1. The van der Waals surface area contributed by atoms with E-state index in [-0.39, 0.29) is 17.9 Å². The van der Waals surface area contributed by atoms with Crippen molar-refractivity contribution in [3.8, 4) is 0 Å². The molecule has 7 nitrogen and oxygen atoms in total. The number of carboxylic acid groups (broad SMARTS) is 1. The fourth-order valence-corrected chi connectivity index (χ4v) is 3.40. The van der Waals surface area contributed by atoms with E-state index in [1.807, 2.05) is 4.90 Å². The molecule has 2 fully saturated rings. The Kier molecular flexibility index (Phi) is 5.31. The topological polar surface area (TPSA) is 95.4 Å². The maximum atomic E-state index is 12.3. The lowest BCUT2D eigenvalue weighted by Gasteiger charge is -2.30. The molecule has 0 aromatic carbocycles. The molecule has 1 saturated carbocycles. The molecule has 0 bridgehead atoms. The van der Waals surface area contributed by atoms with Crippen molar-refractivity contribution in [3.63, 3.8) is 0 Å². The molecule has 0 spiro atoms. The maximum absolute atomic E-state index is 12.3. The molecule has 0 atom stereocenters. The Labute approximate surface area is 147 Å². The third kappa shape index (κ3) is 4.35. The molecule has 1 aromatic rings. The summed E-state index contributed by atoms with van der Waals surface area (Å²) in [5.74, 6) is -0.514. The van der Waals surface area contributed by atoms with E-state index >= 15 is 0 Å². The third-order valence-electron chi connectivity index (χ3n) is 5.08. The van der Waals surface area contributed by atoms with Crippen LogP contribution >= 0.6 is 0 Å². The predicted molar refractivity (Wildman–Crippen MR) is 93.5 cm³/mol. The lowest BCUT2D eigenvalue weighted by Crippen LogP contribution is -2.38. The zero-order valence-electron chi connectivity index (χ0n) is 14.3. The van der Waals surface area contributed by atoms with Gasteiger partial charge in [0.25, 0.3) is 5.91 Å². The van der Waals surface area contributed by atoms with Gasteiger partial charge in [-0.05, 0) is 50.7 Å². The highest BCUT2D eigenvalue weighted by Gasteiger charge is 2.25. The molecule has 1 aromatic heterocycles. The van der Waals surface area contributed by atoms with E-state index < -0.39 is 5.97 Å². The summed E-state index contributed by atoms with van der Waals surface area (Å²) in [7, 11) is 0. The first-order valence-electron chi connectivity index (χ1n) is 8.82. The number of rotatable bonds is 4. The van der Waals surface area contributed by atoms with Gasteiger partial charge in [0.1, 0.15) is 0 Å². The van der Waals surface area contributed by atoms with Gasteiger partial charge in [-0.15, -0.1) is 10.2 Å². The average Bonchev–Trinajstić information content (AvgIpc) is 2.64. The first-order chi connectivity index (χ1) is 12.0. The summed E-state index contributed by atoms with van der Waals surface area (Å²) in [6.07, 6.45) is 4.98. The number of allylic oxidation sites excluding steroid dienone is 1. The van der Waals surface area contributed by atoms with Crippen LogP contribution in [0.3, 0.4) is 0 Å². The number of piperidine rings is 1. The van der Waals surface area contributed by atoms with E-state index in [2.05, 4.69) is 22.1 Å². The monoisotopic (exact) mass is 344 g/mol. The zero-order chi connectivity index (χ0) is 17.8. The number of carbonyl (C=O) groups is 2. The highest BCUT2D eigenvalue weighted by molar-refractivity contribution is 5.92. The van der Waals surface area contributed by atoms with E-state index in [9.17, 15) is 9.59 Å². The zero-order valence-corrected chi connectivity index (χ0v) is 14.3. The van der Waals surface area contributed by atoms with Crippen molar-refractivity contribution in [1.29, 1.82) is 0 Å². The highest BCUT2D eigenvalue weighted by atomic mass is 16.4. The Hall–Kier alpha value is -2.44. The second-order valence-corrected chi connectivity index (χ2v) is 6.87. The Morgan fingerprint density at radius 1 is 1.12 bits per heavy atom. The van der Waals surface area contributed by atoms with E-state index in [1.165, 1.54) is 5.57 Å². The largest absolute Gasteiger partial charge is 0.481 e. The van der Waals surface area contributed by atoms with Crippen molar-refractivity contribution in [2.24, 2.45) is 5.92 Å². The molecule has 0 unspecified atom stereocenters. The SMILES string of the molecule is C=C1CCC(NC(=O)c2ccc(N3CCC(C(=O)O)CC3)nn2)CC1. The molecule has 2 heterocycles. The van der Waals surface area contributed by atoms with Gasteiger partial charge in [-0.3, -0.25) is 9.59 Å². The summed E-state index contributed by atoms with van der Waals surface area (Å²) < 4.78 is 0. The van der Waals surface area contributed by atoms with Gasteiger partial charge in [0.2, 0.25) is 0 Å². The summed E-state index contributed by atoms with van der Waals surface area (Å²) >= 11 is 0. The van der Waals surface area contributed by atoms with Gasteiger partial charge in [0.15, 0.2) is 11.5 Å². The van der Waals surface area contributed by atoms with Gasteiger partial charge < -0.3 is 15.3 Å². The average molecular weight is 344 g/mol. The summed E-state index contributed by atoms with van der Waals surface area (Å²) in [6, 6.07) is 3.64. The number of carbonyl (C=O) groups excluding carboxylic acids is 1. The van der Waals surface area contributed by atoms with Crippen molar-refractivity contribution in [2.45, 2.75) is 44.6 Å². The van der Waals surface area contributed by atoms with Crippen LogP contribution < -0.4 is 10.2 Å². The van der Waals surface area contributed by atoms with E-state index in [4.69, 9.17) is 5.11 Å². The molecular formula is C18H24N4O3. The minimum Gasteiger partial charge on any atom is -0.481 e. The number of aromatic nitrogens is 2. The second-order valence-electron chi connectivity index (χ2n) is 6.87. The number of nitrogens with zero attached hydrogens (tertiary/aromatic N) is 3. The van der Waals surface area contributed by atoms with Crippen molar-refractivity contribution < 1.29 is 14.7 Å². The van der Waals surface area contributed by atoms with Crippen LogP contribution in [0, 0.1) is 5.92 Å². The lowest BCUT2D eigenvalue weighted by molar-refractivity contribution is -0.142. The Morgan fingerprint density at radius 2 is 1.80 bits per heavy atom. The van der Waals surface area contributed by atoms with Crippen LogP contribution in [0.5, 0.6) is 0 Å². The van der Waals surface area contributed by atoms with Crippen LogP contribution in [0.15, 0.2) is 24.3 Å². The molecular weight excluding hydrogens is 320 g/mol. The molecule has 3 rings (SSSR count). The number of hydrogen-bond acceptors (Lipinski definition) is 5. The molecule has 2 N–H and O–H groups in total. The number of carboxylic acids is 1. The van der Waals surface area contributed by atoms with E-state index in [0.717, 1.165) is 25.7 Å². The maximum Gasteiger partial charge on any atom is 0.306 e. The number of amides is 1. The summed E-state index contributed by atoms with van der Waals surface area (Å²) in [5, 5.41) is 20.3. The van der Waals surface area contributed by atoms with Crippen LogP contribution in [0.2, 0.25) is 0 Å². The minimum absolute atomic E-state index is 0.175. The molecule has 1 saturated heterocycles. The van der Waals surface area contributed by atoms with Crippen molar-refractivity contribution in [3.05, 3.63) is 30.0 Å². The smallest absolute Gasteiger partial charge is 0.306 e. The van der Waals surface area contributed by atoms with Gasteiger partial charge in [-0.1, -0.05) is 12.2 Å². The number of hydrogen-bond donors (Lipinski definition) is 2.